The number of aromatic amines is 6. The van der Waals surface area contributed by atoms with Crippen molar-refractivity contribution in [3.05, 3.63) is 215 Å². The molecule has 17 heteroatoms. The van der Waals surface area contributed by atoms with Crippen LogP contribution >= 0.6 is 27.5 Å². The maximum absolute atomic E-state index is 13.9. The Morgan fingerprint density at radius 3 is 1.15 bits per heavy atom. The molecule has 378 valence electrons. The van der Waals surface area contributed by atoms with Gasteiger partial charge in [-0.25, -0.2) is 28.1 Å². The first kappa shape index (κ1) is 48.0. The molecule has 9 aromatic heterocycles. The Hall–Kier alpha value is -9.64. The quantitative estimate of drug-likeness (QED) is 0.0967. The van der Waals surface area contributed by atoms with Gasteiger partial charge in [0.1, 0.15) is 17.5 Å². The zero-order chi connectivity index (χ0) is 53.0. The second-order valence-corrected chi connectivity index (χ2v) is 19.8. The Kier molecular flexibility index (Phi) is 12.2. The molecule has 0 atom stereocenters. The predicted octanol–water partition coefficient (Wildman–Crippen LogP) is 16.5. The number of pyridine rings is 3. The van der Waals surface area contributed by atoms with Crippen molar-refractivity contribution in [2.45, 2.75) is 6.92 Å². The van der Waals surface area contributed by atoms with Crippen LogP contribution < -0.4 is 0 Å². The molecule has 12 nitrogen and oxygen atoms in total. The Morgan fingerprint density at radius 1 is 0.385 bits per heavy atom. The van der Waals surface area contributed by atoms with Gasteiger partial charge in [0.15, 0.2) is 16.9 Å². The number of halogens is 5. The van der Waals surface area contributed by atoms with Gasteiger partial charge >= 0.3 is 0 Å². The van der Waals surface area contributed by atoms with E-state index in [2.05, 4.69) is 113 Å². The van der Waals surface area contributed by atoms with Crippen LogP contribution in [-0.4, -0.2) is 60.5 Å². The second kappa shape index (κ2) is 19.8. The first-order valence-corrected chi connectivity index (χ1v) is 25.7. The Balaban J connectivity index is 0.000000111. The summed E-state index contributed by atoms with van der Waals surface area (Å²) in [6, 6.07) is 51.2. The van der Waals surface area contributed by atoms with Crippen molar-refractivity contribution >= 4 is 93.3 Å². The Labute approximate surface area is 454 Å². The number of rotatable bonds is 6. The van der Waals surface area contributed by atoms with Gasteiger partial charge in [-0.15, -0.1) is 0 Å². The van der Waals surface area contributed by atoms with Crippen molar-refractivity contribution in [3.8, 4) is 67.5 Å². The van der Waals surface area contributed by atoms with Crippen LogP contribution in [0.3, 0.4) is 0 Å². The fourth-order valence-electron chi connectivity index (χ4n) is 9.51. The van der Waals surface area contributed by atoms with Gasteiger partial charge in [0.25, 0.3) is 0 Å². The van der Waals surface area contributed by atoms with Crippen LogP contribution in [0.4, 0.5) is 13.2 Å². The lowest BCUT2D eigenvalue weighted by Gasteiger charge is -2.03. The average molecular weight is 1110 g/mol. The lowest BCUT2D eigenvalue weighted by molar-refractivity contribution is 0.619. The fraction of sp³-hybridized carbons (Fsp3) is 0.0164. The van der Waals surface area contributed by atoms with Crippen LogP contribution in [0.15, 0.2) is 187 Å². The summed E-state index contributed by atoms with van der Waals surface area (Å²) in [5.41, 5.74) is 15.6. The molecule has 0 radical (unpaired) electrons. The zero-order valence-corrected chi connectivity index (χ0v) is 43.2. The number of hydrogen-bond donors (Lipinski definition) is 6. The molecule has 78 heavy (non-hydrogen) atoms. The number of aromatic nitrogens is 12. The molecule has 0 aliphatic carbocycles. The number of hydrogen-bond acceptors (Lipinski definition) is 6. The van der Waals surface area contributed by atoms with E-state index in [1.165, 1.54) is 29.7 Å². The highest BCUT2D eigenvalue weighted by atomic mass is 79.9. The monoisotopic (exact) mass is 1110 g/mol. The minimum Gasteiger partial charge on any atom is -0.361 e. The minimum absolute atomic E-state index is 0.0951. The van der Waals surface area contributed by atoms with E-state index in [4.69, 9.17) is 11.6 Å². The van der Waals surface area contributed by atoms with Crippen molar-refractivity contribution in [3.63, 3.8) is 0 Å². The van der Waals surface area contributed by atoms with E-state index in [1.807, 2.05) is 104 Å². The summed E-state index contributed by atoms with van der Waals surface area (Å²) >= 11 is 8.94. The van der Waals surface area contributed by atoms with Crippen LogP contribution in [0.5, 0.6) is 0 Å². The lowest BCUT2D eigenvalue weighted by Crippen LogP contribution is -1.86. The highest BCUT2D eigenvalue weighted by Gasteiger charge is 2.16. The predicted molar refractivity (Wildman–Crippen MR) is 307 cm³/mol. The molecule has 0 fully saturated rings. The molecule has 0 saturated carbocycles. The third kappa shape index (κ3) is 9.11. The summed E-state index contributed by atoms with van der Waals surface area (Å²) in [6.07, 6.45) is 5.75. The third-order valence-electron chi connectivity index (χ3n) is 13.7. The molecule has 0 unspecified atom stereocenters. The molecule has 0 aliphatic heterocycles. The average Bonchev–Trinajstić information content (AvgIpc) is 4.42. The first-order valence-electron chi connectivity index (χ1n) is 24.5. The fourth-order valence-corrected chi connectivity index (χ4v) is 9.87. The van der Waals surface area contributed by atoms with Gasteiger partial charge < -0.3 is 15.0 Å². The van der Waals surface area contributed by atoms with Crippen LogP contribution in [0.1, 0.15) is 5.56 Å². The number of aryl methyl sites for hydroxylation is 1. The summed E-state index contributed by atoms with van der Waals surface area (Å²) in [7, 11) is 0. The number of nitrogens with zero attached hydrogens (tertiary/aromatic N) is 6. The second-order valence-electron chi connectivity index (χ2n) is 18.6. The van der Waals surface area contributed by atoms with Gasteiger partial charge in [-0.05, 0) is 148 Å². The maximum Gasteiger partial charge on any atom is 0.182 e. The molecule has 0 amide bonds. The van der Waals surface area contributed by atoms with Gasteiger partial charge in [0.05, 0.1) is 43.7 Å². The van der Waals surface area contributed by atoms with E-state index >= 15 is 0 Å². The molecular weight excluding hydrogens is 1070 g/mol. The molecular formula is C61H39BrClF3N12. The third-order valence-corrected chi connectivity index (χ3v) is 14.6. The summed E-state index contributed by atoms with van der Waals surface area (Å²) in [4.78, 5) is 23.6. The van der Waals surface area contributed by atoms with Crippen molar-refractivity contribution in [2.75, 3.05) is 0 Å². The van der Waals surface area contributed by atoms with E-state index < -0.39 is 5.82 Å². The van der Waals surface area contributed by atoms with E-state index in [0.717, 1.165) is 105 Å². The molecule has 15 rings (SSSR count). The first-order chi connectivity index (χ1) is 38.1. The van der Waals surface area contributed by atoms with E-state index in [9.17, 15) is 13.2 Å². The number of nitrogens with one attached hydrogen (secondary N) is 6. The zero-order valence-electron chi connectivity index (χ0n) is 40.9. The summed E-state index contributed by atoms with van der Waals surface area (Å²) in [5.74, 6) is -1.00. The lowest BCUT2D eigenvalue weighted by atomic mass is 10.1. The molecule has 0 aliphatic rings. The van der Waals surface area contributed by atoms with E-state index in [-0.39, 0.29) is 16.7 Å². The van der Waals surface area contributed by atoms with Crippen LogP contribution in [0.2, 0.25) is 5.02 Å². The topological polar surface area (TPSA) is 172 Å². The van der Waals surface area contributed by atoms with Crippen molar-refractivity contribution < 1.29 is 13.2 Å². The molecule has 6 N–H and O–H groups in total. The Bertz CT molecular complexity index is 4290. The van der Waals surface area contributed by atoms with E-state index in [0.29, 0.717) is 32.5 Å². The molecule has 9 heterocycles. The van der Waals surface area contributed by atoms with Crippen molar-refractivity contribution in [1.82, 2.24) is 60.5 Å². The Morgan fingerprint density at radius 2 is 0.756 bits per heavy atom. The normalized spacial score (nSPS) is 11.5. The smallest absolute Gasteiger partial charge is 0.182 e. The number of fused-ring (bicyclic) bond motifs is 6. The van der Waals surface area contributed by atoms with Crippen molar-refractivity contribution in [2.24, 2.45) is 0 Å². The summed E-state index contributed by atoms with van der Waals surface area (Å²) in [5, 5.41) is 28.0. The SMILES string of the molecule is Cc1ccc(-c2[nH]nc3nc(-c4ccc5cc[nH]c5c4)ccc23)cc1F.Fc1cc(-c2[nH]nc3nc(-c4ccc5cc[nH]c5c4)ccc23)ccc1Br.Fc1cc(-c2[nH]nc3nc(-c4ccc5cc[nH]c5c4)ccc23)ccc1Cl. The largest absolute Gasteiger partial charge is 0.361 e. The highest BCUT2D eigenvalue weighted by Crippen LogP contribution is 2.34. The summed E-state index contributed by atoms with van der Waals surface area (Å²) < 4.78 is 42.0. The van der Waals surface area contributed by atoms with Crippen LogP contribution in [-0.2, 0) is 0 Å². The molecule has 0 bridgehead atoms. The van der Waals surface area contributed by atoms with E-state index in [1.54, 1.807) is 25.1 Å². The van der Waals surface area contributed by atoms with Gasteiger partial charge in [-0.2, -0.15) is 15.3 Å². The number of H-pyrrole nitrogens is 6. The van der Waals surface area contributed by atoms with Crippen LogP contribution in [0.25, 0.3) is 133 Å². The molecule has 15 aromatic rings. The number of benzene rings is 6. The van der Waals surface area contributed by atoms with Crippen LogP contribution in [0, 0.1) is 24.4 Å². The van der Waals surface area contributed by atoms with Gasteiger partial charge in [0.2, 0.25) is 0 Å². The van der Waals surface area contributed by atoms with Gasteiger partial charge in [0, 0.05) is 84.7 Å². The minimum atomic E-state index is -0.462. The maximum atomic E-state index is 13.9. The molecule has 0 spiro atoms. The van der Waals surface area contributed by atoms with Gasteiger partial charge in [-0.3, -0.25) is 15.3 Å². The molecule has 0 saturated heterocycles. The van der Waals surface area contributed by atoms with Crippen molar-refractivity contribution in [1.29, 1.82) is 0 Å². The standard InChI is InChI=1S/C21H15FN4.C20H12BrFN4.C20H12ClFN4/c1-12-2-3-15(10-17(12)22)20-16-6-7-18(24-21(16)26-25-20)14-5-4-13-8-9-23-19(13)11-14;2*21-15-5-3-13(9-16(15)22)19-14-4-6-17(24-20(14)26-25-19)12-2-1-11-7-8-23-18(11)10-12/h2-11,23H,1H3,(H,24,25,26);2*1-10,23H,(H,24,25,26). The van der Waals surface area contributed by atoms with Gasteiger partial charge in [-0.1, -0.05) is 72.3 Å². The summed E-state index contributed by atoms with van der Waals surface area (Å²) in [6.45, 7) is 1.75. The molecule has 6 aromatic carbocycles. The highest BCUT2D eigenvalue weighted by molar-refractivity contribution is 9.10.